The van der Waals surface area contributed by atoms with Crippen LogP contribution in [0, 0.1) is 0 Å². The number of hydrogen-bond acceptors (Lipinski definition) is 5. The number of nitrogens with zero attached hydrogens (tertiary/aromatic N) is 1. The summed E-state index contributed by atoms with van der Waals surface area (Å²) in [5.74, 6) is 0. The fourth-order valence-electron chi connectivity index (χ4n) is 1.98. The number of hydrogen-bond donors (Lipinski definition) is 0. The van der Waals surface area contributed by atoms with Gasteiger partial charge in [-0.1, -0.05) is 0 Å². The van der Waals surface area contributed by atoms with Crippen LogP contribution in [0.2, 0.25) is 0 Å². The summed E-state index contributed by atoms with van der Waals surface area (Å²) in [6.45, 7) is 5.61. The third kappa shape index (κ3) is 3.20. The second-order valence-electron chi connectivity index (χ2n) is 5.23. The monoisotopic (exact) mass is 259 g/mol. The highest BCUT2D eigenvalue weighted by atomic mass is 16.6. The molecule has 104 valence electrons. The number of aldehydes is 1. The second-order valence-corrected chi connectivity index (χ2v) is 5.23. The average Bonchev–Trinajstić information content (AvgIpc) is 2.63. The van der Waals surface area contributed by atoms with Crippen molar-refractivity contribution in [1.29, 1.82) is 0 Å². The minimum atomic E-state index is -0.671. The standard InChI is InChI=1S/C12H21NO5/c1-12(2,3)18-11(15)13-6-9(16-4)10(17-5)8(13)7-14/h7-10H,6H2,1-5H3/t8-,9+,10-/m0/s1. The van der Waals surface area contributed by atoms with Gasteiger partial charge in [-0.25, -0.2) is 4.79 Å². The number of methoxy groups -OCH3 is 2. The Bertz CT molecular complexity index is 312. The summed E-state index contributed by atoms with van der Waals surface area (Å²) < 4.78 is 15.7. The maximum absolute atomic E-state index is 12.0. The Morgan fingerprint density at radius 3 is 2.28 bits per heavy atom. The van der Waals surface area contributed by atoms with Crippen LogP contribution in [0.4, 0.5) is 4.79 Å². The Kier molecular flexibility index (Phi) is 4.70. The van der Waals surface area contributed by atoms with Crippen LogP contribution >= 0.6 is 0 Å². The molecule has 1 saturated heterocycles. The molecule has 1 rings (SSSR count). The molecule has 0 radical (unpaired) electrons. The van der Waals surface area contributed by atoms with E-state index in [-0.39, 0.29) is 12.6 Å². The van der Waals surface area contributed by atoms with Gasteiger partial charge in [0.1, 0.15) is 30.1 Å². The molecule has 0 aromatic carbocycles. The molecule has 1 aliphatic rings. The van der Waals surface area contributed by atoms with Crippen molar-refractivity contribution in [1.82, 2.24) is 4.90 Å². The molecule has 6 heteroatoms. The third-order valence-electron chi connectivity index (χ3n) is 2.78. The van der Waals surface area contributed by atoms with Gasteiger partial charge in [0.05, 0.1) is 6.54 Å². The lowest BCUT2D eigenvalue weighted by molar-refractivity contribution is -0.115. The second kappa shape index (κ2) is 5.67. The zero-order chi connectivity index (χ0) is 13.9. The molecule has 6 nitrogen and oxygen atoms in total. The van der Waals surface area contributed by atoms with Crippen molar-refractivity contribution in [2.75, 3.05) is 20.8 Å². The van der Waals surface area contributed by atoms with E-state index >= 15 is 0 Å². The number of ether oxygens (including phenoxy) is 3. The van der Waals surface area contributed by atoms with Crippen molar-refractivity contribution in [3.8, 4) is 0 Å². The number of carbonyl (C=O) groups excluding carboxylic acids is 2. The first-order valence-electron chi connectivity index (χ1n) is 5.84. The highest BCUT2D eigenvalue weighted by Crippen LogP contribution is 2.24. The molecular weight excluding hydrogens is 238 g/mol. The van der Waals surface area contributed by atoms with Crippen LogP contribution in [0.1, 0.15) is 20.8 Å². The van der Waals surface area contributed by atoms with Crippen molar-refractivity contribution in [3.05, 3.63) is 0 Å². The molecule has 18 heavy (non-hydrogen) atoms. The fourth-order valence-corrected chi connectivity index (χ4v) is 1.98. The highest BCUT2D eigenvalue weighted by molar-refractivity contribution is 5.75. The normalized spacial score (nSPS) is 28.3. The van der Waals surface area contributed by atoms with Crippen LogP contribution in [0.15, 0.2) is 0 Å². The Morgan fingerprint density at radius 1 is 1.28 bits per heavy atom. The molecular formula is C12H21NO5. The van der Waals surface area contributed by atoms with E-state index in [0.29, 0.717) is 6.29 Å². The van der Waals surface area contributed by atoms with Gasteiger partial charge >= 0.3 is 6.09 Å². The Hall–Kier alpha value is -1.14. The van der Waals surface area contributed by atoms with E-state index in [1.807, 2.05) is 0 Å². The van der Waals surface area contributed by atoms with Crippen molar-refractivity contribution in [2.24, 2.45) is 0 Å². The predicted octanol–water partition coefficient (Wildman–Crippen LogP) is 0.835. The maximum atomic E-state index is 12.0. The molecule has 1 fully saturated rings. The molecule has 1 amide bonds. The van der Waals surface area contributed by atoms with E-state index in [9.17, 15) is 9.59 Å². The first kappa shape index (κ1) is 14.9. The van der Waals surface area contributed by atoms with Crippen LogP contribution in [-0.4, -0.2) is 61.9 Å². The molecule has 0 unspecified atom stereocenters. The molecule has 1 aliphatic heterocycles. The van der Waals surface area contributed by atoms with Gasteiger partial charge in [-0.2, -0.15) is 0 Å². The fraction of sp³-hybridized carbons (Fsp3) is 0.833. The Labute approximate surface area is 107 Å². The van der Waals surface area contributed by atoms with Gasteiger partial charge in [0.15, 0.2) is 0 Å². The number of carbonyl (C=O) groups is 2. The van der Waals surface area contributed by atoms with Crippen LogP contribution < -0.4 is 0 Å². The summed E-state index contributed by atoms with van der Waals surface area (Å²) in [5, 5.41) is 0. The van der Waals surface area contributed by atoms with Crippen LogP contribution in [0.3, 0.4) is 0 Å². The summed E-state index contributed by atoms with van der Waals surface area (Å²) in [7, 11) is 3.02. The van der Waals surface area contributed by atoms with Gasteiger partial charge in [0.25, 0.3) is 0 Å². The average molecular weight is 259 g/mol. The summed E-state index contributed by atoms with van der Waals surface area (Å²) in [6, 6.07) is -0.671. The minimum absolute atomic E-state index is 0.285. The first-order chi connectivity index (χ1) is 8.34. The Morgan fingerprint density at radius 2 is 1.89 bits per heavy atom. The minimum Gasteiger partial charge on any atom is -0.444 e. The van der Waals surface area contributed by atoms with Crippen molar-refractivity contribution in [2.45, 2.75) is 44.6 Å². The molecule has 0 aromatic heterocycles. The molecule has 0 aliphatic carbocycles. The Balaban J connectivity index is 2.82. The van der Waals surface area contributed by atoms with Crippen molar-refractivity contribution < 1.29 is 23.8 Å². The van der Waals surface area contributed by atoms with Gasteiger partial charge in [0, 0.05) is 14.2 Å². The van der Waals surface area contributed by atoms with E-state index in [2.05, 4.69) is 0 Å². The van der Waals surface area contributed by atoms with Crippen molar-refractivity contribution in [3.63, 3.8) is 0 Å². The number of amides is 1. The van der Waals surface area contributed by atoms with Crippen molar-refractivity contribution >= 4 is 12.4 Å². The smallest absolute Gasteiger partial charge is 0.411 e. The van der Waals surface area contributed by atoms with Crippen LogP contribution in [0.5, 0.6) is 0 Å². The summed E-state index contributed by atoms with van der Waals surface area (Å²) >= 11 is 0. The molecule has 0 spiro atoms. The first-order valence-corrected chi connectivity index (χ1v) is 5.84. The topological polar surface area (TPSA) is 65.1 Å². The summed E-state index contributed by atoms with van der Waals surface area (Å²) in [4.78, 5) is 24.5. The van der Waals surface area contributed by atoms with E-state index in [1.165, 1.54) is 19.1 Å². The van der Waals surface area contributed by atoms with Crippen LogP contribution in [-0.2, 0) is 19.0 Å². The zero-order valence-corrected chi connectivity index (χ0v) is 11.5. The lowest BCUT2D eigenvalue weighted by Gasteiger charge is -2.27. The molecule has 1 heterocycles. The number of likely N-dealkylation sites (tertiary alicyclic amines) is 1. The van der Waals surface area contributed by atoms with Gasteiger partial charge in [0.2, 0.25) is 0 Å². The largest absolute Gasteiger partial charge is 0.444 e. The summed E-state index contributed by atoms with van der Waals surface area (Å²) in [6.07, 6.45) is -0.615. The molecule has 0 N–H and O–H groups in total. The predicted molar refractivity (Wildman–Crippen MR) is 64.4 cm³/mol. The van der Waals surface area contributed by atoms with Gasteiger partial charge in [-0.05, 0) is 20.8 Å². The number of rotatable bonds is 3. The quantitative estimate of drug-likeness (QED) is 0.702. The highest BCUT2D eigenvalue weighted by Gasteiger charge is 2.46. The van der Waals surface area contributed by atoms with Gasteiger partial charge in [-0.3, -0.25) is 4.90 Å². The lowest BCUT2D eigenvalue weighted by Crippen LogP contribution is -2.44. The molecule has 0 saturated carbocycles. The molecule has 0 aromatic rings. The SMILES string of the molecule is CO[C@@H]1[C@H](OC)CN(C(=O)OC(C)(C)C)[C@H]1C=O. The maximum Gasteiger partial charge on any atom is 0.411 e. The van der Waals surface area contributed by atoms with Gasteiger partial charge < -0.3 is 19.0 Å². The van der Waals surface area contributed by atoms with E-state index < -0.39 is 23.8 Å². The van der Waals surface area contributed by atoms with Crippen LogP contribution in [0.25, 0.3) is 0 Å². The van der Waals surface area contributed by atoms with E-state index in [0.717, 1.165) is 0 Å². The van der Waals surface area contributed by atoms with E-state index in [4.69, 9.17) is 14.2 Å². The molecule has 0 bridgehead atoms. The molecule has 3 atom stereocenters. The van der Waals surface area contributed by atoms with E-state index in [1.54, 1.807) is 20.8 Å². The van der Waals surface area contributed by atoms with Gasteiger partial charge in [-0.15, -0.1) is 0 Å². The lowest BCUT2D eigenvalue weighted by atomic mass is 10.1. The third-order valence-corrected chi connectivity index (χ3v) is 2.78. The summed E-state index contributed by atoms with van der Waals surface area (Å²) in [5.41, 5.74) is -0.599. The zero-order valence-electron chi connectivity index (χ0n) is 11.5.